The highest BCUT2D eigenvalue weighted by Crippen LogP contribution is 2.19. The standard InChI is InChI=1S/C11H12ClFN2O3/c1-6(10(16)17)15-11(18)14-5-7-3-2-4-8(13)9(7)12/h2-4,6H,5H2,1H3,(H,16,17)(H2,14,15,18). The minimum Gasteiger partial charge on any atom is -0.480 e. The second-order valence-corrected chi connectivity index (χ2v) is 3.98. The minimum atomic E-state index is -1.14. The smallest absolute Gasteiger partial charge is 0.325 e. The van der Waals surface area contributed by atoms with Gasteiger partial charge in [0, 0.05) is 6.54 Å². The maximum atomic E-state index is 13.1. The van der Waals surface area contributed by atoms with Crippen LogP contribution in [0.1, 0.15) is 12.5 Å². The Kier molecular flexibility index (Phi) is 4.91. The van der Waals surface area contributed by atoms with E-state index in [-0.39, 0.29) is 11.6 Å². The molecule has 1 aromatic carbocycles. The zero-order valence-electron chi connectivity index (χ0n) is 9.54. The van der Waals surface area contributed by atoms with Crippen LogP contribution in [0.3, 0.4) is 0 Å². The SMILES string of the molecule is CC(NC(=O)NCc1cccc(F)c1Cl)C(=O)O. The molecule has 0 aliphatic carbocycles. The molecule has 7 heteroatoms. The third-order valence-corrected chi connectivity index (χ3v) is 2.61. The molecule has 0 heterocycles. The molecule has 0 spiro atoms. The fourth-order valence-corrected chi connectivity index (χ4v) is 1.36. The Balaban J connectivity index is 2.53. The summed E-state index contributed by atoms with van der Waals surface area (Å²) < 4.78 is 13.1. The molecule has 0 aliphatic heterocycles. The lowest BCUT2D eigenvalue weighted by Gasteiger charge is -2.11. The molecule has 0 fully saturated rings. The maximum Gasteiger partial charge on any atom is 0.325 e. The van der Waals surface area contributed by atoms with Gasteiger partial charge in [0.05, 0.1) is 5.02 Å². The van der Waals surface area contributed by atoms with Gasteiger partial charge in [0.2, 0.25) is 0 Å². The van der Waals surface area contributed by atoms with Gasteiger partial charge in [-0.05, 0) is 18.6 Å². The first-order valence-electron chi connectivity index (χ1n) is 5.12. The second kappa shape index (κ2) is 6.20. The van der Waals surface area contributed by atoms with Gasteiger partial charge in [0.15, 0.2) is 0 Å². The van der Waals surface area contributed by atoms with Gasteiger partial charge in [-0.25, -0.2) is 9.18 Å². The van der Waals surface area contributed by atoms with Crippen LogP contribution in [-0.4, -0.2) is 23.1 Å². The van der Waals surface area contributed by atoms with Crippen molar-refractivity contribution in [1.82, 2.24) is 10.6 Å². The number of halogens is 2. The van der Waals surface area contributed by atoms with E-state index in [1.165, 1.54) is 19.1 Å². The molecule has 2 amide bonds. The van der Waals surface area contributed by atoms with Gasteiger partial charge in [-0.1, -0.05) is 23.7 Å². The van der Waals surface area contributed by atoms with Gasteiger partial charge in [-0.3, -0.25) is 4.79 Å². The fourth-order valence-electron chi connectivity index (χ4n) is 1.17. The monoisotopic (exact) mass is 274 g/mol. The molecule has 0 aromatic heterocycles. The Morgan fingerprint density at radius 2 is 2.17 bits per heavy atom. The largest absolute Gasteiger partial charge is 0.480 e. The predicted octanol–water partition coefficient (Wildman–Crippen LogP) is 1.75. The molecule has 1 atom stereocenters. The van der Waals surface area contributed by atoms with Crippen LogP contribution in [0.5, 0.6) is 0 Å². The summed E-state index contributed by atoms with van der Waals surface area (Å²) in [5, 5.41) is 13.1. The van der Waals surface area contributed by atoms with E-state index in [0.29, 0.717) is 5.56 Å². The Hall–Kier alpha value is -1.82. The molecule has 1 rings (SSSR count). The van der Waals surface area contributed by atoms with Gasteiger partial charge in [-0.15, -0.1) is 0 Å². The van der Waals surface area contributed by atoms with Crippen LogP contribution in [0.2, 0.25) is 5.02 Å². The van der Waals surface area contributed by atoms with Crippen molar-refractivity contribution >= 4 is 23.6 Å². The van der Waals surface area contributed by atoms with Gasteiger partial charge in [-0.2, -0.15) is 0 Å². The molecule has 0 saturated carbocycles. The summed E-state index contributed by atoms with van der Waals surface area (Å²) in [5.74, 6) is -1.72. The zero-order valence-corrected chi connectivity index (χ0v) is 10.3. The number of carbonyl (C=O) groups is 2. The molecule has 18 heavy (non-hydrogen) atoms. The van der Waals surface area contributed by atoms with Gasteiger partial charge >= 0.3 is 12.0 Å². The summed E-state index contributed by atoms with van der Waals surface area (Å²) >= 11 is 5.69. The average Bonchev–Trinajstić information content (AvgIpc) is 2.31. The van der Waals surface area contributed by atoms with Crippen molar-refractivity contribution in [2.24, 2.45) is 0 Å². The van der Waals surface area contributed by atoms with E-state index in [9.17, 15) is 14.0 Å². The number of nitrogens with one attached hydrogen (secondary N) is 2. The molecule has 0 aliphatic rings. The molecule has 98 valence electrons. The van der Waals surface area contributed by atoms with Gasteiger partial charge in [0.1, 0.15) is 11.9 Å². The summed E-state index contributed by atoms with van der Waals surface area (Å²) in [4.78, 5) is 21.8. The number of carboxylic acids is 1. The lowest BCUT2D eigenvalue weighted by atomic mass is 10.2. The molecule has 5 nitrogen and oxygen atoms in total. The van der Waals surface area contributed by atoms with Crippen LogP contribution >= 0.6 is 11.6 Å². The first kappa shape index (κ1) is 14.2. The molecule has 1 unspecified atom stereocenters. The van der Waals surface area contributed by atoms with Gasteiger partial charge < -0.3 is 15.7 Å². The molecular weight excluding hydrogens is 263 g/mol. The Bertz CT molecular complexity index is 468. The Morgan fingerprint density at radius 1 is 1.50 bits per heavy atom. The van der Waals surface area contributed by atoms with Crippen LogP contribution in [0.4, 0.5) is 9.18 Å². The normalized spacial score (nSPS) is 11.7. The third-order valence-electron chi connectivity index (χ3n) is 2.19. The lowest BCUT2D eigenvalue weighted by Crippen LogP contribution is -2.44. The maximum absolute atomic E-state index is 13.1. The van der Waals surface area contributed by atoms with E-state index >= 15 is 0 Å². The molecule has 3 N–H and O–H groups in total. The summed E-state index contributed by atoms with van der Waals surface area (Å²) in [6.45, 7) is 1.34. The number of hydrogen-bond acceptors (Lipinski definition) is 2. The van der Waals surface area contributed by atoms with Gasteiger partial charge in [0.25, 0.3) is 0 Å². The summed E-state index contributed by atoms with van der Waals surface area (Å²) in [6, 6.07) is 2.57. The minimum absolute atomic E-state index is 0.00870. The Morgan fingerprint density at radius 3 is 2.78 bits per heavy atom. The molecule has 1 aromatic rings. The van der Waals surface area contributed by atoms with Crippen LogP contribution in [0, 0.1) is 5.82 Å². The van der Waals surface area contributed by atoms with E-state index in [2.05, 4.69) is 10.6 Å². The number of carboxylic acid groups (broad SMARTS) is 1. The number of hydrogen-bond donors (Lipinski definition) is 3. The topological polar surface area (TPSA) is 78.4 Å². The van der Waals surface area contributed by atoms with Crippen LogP contribution in [-0.2, 0) is 11.3 Å². The molecule has 0 bridgehead atoms. The van der Waals surface area contributed by atoms with Crippen LogP contribution < -0.4 is 10.6 Å². The number of benzene rings is 1. The van der Waals surface area contributed by atoms with E-state index in [1.807, 2.05) is 0 Å². The highest BCUT2D eigenvalue weighted by atomic mass is 35.5. The van der Waals surface area contributed by atoms with Crippen LogP contribution in [0.15, 0.2) is 18.2 Å². The summed E-state index contributed by atoms with van der Waals surface area (Å²) in [7, 11) is 0. The number of amides is 2. The van der Waals surface area contributed by atoms with Crippen molar-refractivity contribution in [2.75, 3.05) is 0 Å². The highest BCUT2D eigenvalue weighted by molar-refractivity contribution is 6.31. The first-order valence-corrected chi connectivity index (χ1v) is 5.49. The van der Waals surface area contributed by atoms with E-state index in [0.717, 1.165) is 0 Å². The third kappa shape index (κ3) is 3.89. The molecule has 0 radical (unpaired) electrons. The average molecular weight is 275 g/mol. The summed E-state index contributed by atoms with van der Waals surface area (Å²) in [6.07, 6.45) is 0. The molecular formula is C11H12ClFN2O3. The predicted molar refractivity (Wildman–Crippen MR) is 63.9 cm³/mol. The highest BCUT2D eigenvalue weighted by Gasteiger charge is 2.14. The van der Waals surface area contributed by atoms with Crippen molar-refractivity contribution in [3.05, 3.63) is 34.6 Å². The fraction of sp³-hybridized carbons (Fsp3) is 0.273. The number of urea groups is 1. The quantitative estimate of drug-likeness (QED) is 0.783. The number of rotatable bonds is 4. The number of aliphatic carboxylic acids is 1. The van der Waals surface area contributed by atoms with Crippen molar-refractivity contribution in [3.8, 4) is 0 Å². The van der Waals surface area contributed by atoms with E-state index < -0.39 is 23.9 Å². The zero-order chi connectivity index (χ0) is 13.7. The van der Waals surface area contributed by atoms with Crippen molar-refractivity contribution in [2.45, 2.75) is 19.5 Å². The van der Waals surface area contributed by atoms with E-state index in [4.69, 9.17) is 16.7 Å². The lowest BCUT2D eigenvalue weighted by molar-refractivity contribution is -0.138. The second-order valence-electron chi connectivity index (χ2n) is 3.60. The van der Waals surface area contributed by atoms with Crippen molar-refractivity contribution < 1.29 is 19.1 Å². The summed E-state index contributed by atoms with van der Waals surface area (Å²) in [5.41, 5.74) is 0.412. The Labute approximate surface area is 108 Å². The van der Waals surface area contributed by atoms with Crippen molar-refractivity contribution in [1.29, 1.82) is 0 Å². The molecule has 0 saturated heterocycles. The number of carbonyl (C=O) groups excluding carboxylic acids is 1. The van der Waals surface area contributed by atoms with E-state index in [1.54, 1.807) is 6.07 Å². The first-order chi connectivity index (χ1) is 8.41. The van der Waals surface area contributed by atoms with Crippen molar-refractivity contribution in [3.63, 3.8) is 0 Å². The van der Waals surface area contributed by atoms with Crippen LogP contribution in [0.25, 0.3) is 0 Å².